The maximum absolute atomic E-state index is 13.9. The summed E-state index contributed by atoms with van der Waals surface area (Å²) in [5, 5.41) is 5.11. The molecule has 0 saturated heterocycles. The van der Waals surface area contributed by atoms with E-state index in [0.29, 0.717) is 47.4 Å². The van der Waals surface area contributed by atoms with Gasteiger partial charge in [0.25, 0.3) is 0 Å². The molecule has 2 bridgehead atoms. The lowest BCUT2D eigenvalue weighted by molar-refractivity contribution is 0.141. The Hall–Kier alpha value is -3.78. The Kier molecular flexibility index (Phi) is 5.28. The van der Waals surface area contributed by atoms with Gasteiger partial charge in [0, 0.05) is 6.07 Å². The molecule has 0 fully saturated rings. The predicted octanol–water partition coefficient (Wildman–Crippen LogP) is 4.00. The number of benzene rings is 2. The molecule has 7 nitrogen and oxygen atoms in total. The Labute approximate surface area is 177 Å². The average molecular weight is 418 g/mol. The van der Waals surface area contributed by atoms with Crippen LogP contribution >= 0.6 is 0 Å². The summed E-state index contributed by atoms with van der Waals surface area (Å²) in [5.41, 5.74) is 2.12. The zero-order valence-electron chi connectivity index (χ0n) is 16.6. The highest BCUT2D eigenvalue weighted by atomic mass is 19.1. The van der Waals surface area contributed by atoms with Crippen molar-refractivity contribution in [1.29, 1.82) is 0 Å². The van der Waals surface area contributed by atoms with E-state index >= 15 is 0 Å². The SMILES string of the molecule is Fc1ccc2c(c1)OC/C=C/COCc1nc(OCc3ccccc3)c3cnn-2c3n1. The number of halogens is 1. The molecule has 0 aliphatic carbocycles. The Balaban J connectivity index is 1.61. The minimum atomic E-state index is -0.394. The third-order valence-electron chi connectivity index (χ3n) is 4.76. The highest BCUT2D eigenvalue weighted by Crippen LogP contribution is 2.30. The largest absolute Gasteiger partial charge is 0.487 e. The normalized spacial score (nSPS) is 14.7. The quantitative estimate of drug-likeness (QED) is 0.469. The van der Waals surface area contributed by atoms with Crippen LogP contribution in [0.3, 0.4) is 0 Å². The number of hydrogen-bond acceptors (Lipinski definition) is 6. The third-order valence-corrected chi connectivity index (χ3v) is 4.76. The summed E-state index contributed by atoms with van der Waals surface area (Å²) in [4.78, 5) is 9.17. The molecule has 2 aromatic heterocycles. The molecular weight excluding hydrogens is 399 g/mol. The summed E-state index contributed by atoms with van der Waals surface area (Å²) in [7, 11) is 0. The van der Waals surface area contributed by atoms with Gasteiger partial charge in [-0.05, 0) is 23.8 Å². The number of ether oxygens (including phenoxy) is 3. The van der Waals surface area contributed by atoms with Crippen LogP contribution < -0.4 is 9.47 Å². The molecule has 1 aliphatic heterocycles. The summed E-state index contributed by atoms with van der Waals surface area (Å²) in [5.74, 6) is 0.846. The van der Waals surface area contributed by atoms with E-state index in [1.807, 2.05) is 42.5 Å². The third kappa shape index (κ3) is 4.10. The molecule has 4 aromatic rings. The van der Waals surface area contributed by atoms with Crippen LogP contribution in [-0.2, 0) is 18.0 Å². The van der Waals surface area contributed by atoms with Gasteiger partial charge in [-0.25, -0.2) is 14.1 Å². The van der Waals surface area contributed by atoms with Crippen molar-refractivity contribution in [2.24, 2.45) is 0 Å². The van der Waals surface area contributed by atoms with Crippen LogP contribution in [0.4, 0.5) is 4.39 Å². The zero-order chi connectivity index (χ0) is 21.0. The standard InChI is InChI=1S/C23H19FN4O3/c24-17-8-9-19-20(12-17)30-11-5-4-10-29-15-21-26-22-18(13-25-28(19)22)23(27-21)31-14-16-6-2-1-3-7-16/h1-9,12-13H,10-11,14-15H2/b5-4+. The average Bonchev–Trinajstić information content (AvgIpc) is 3.21. The number of fused-ring (bicyclic) bond motifs is 3. The van der Waals surface area contributed by atoms with Crippen molar-refractivity contribution >= 4 is 11.0 Å². The second-order valence-electron chi connectivity index (χ2n) is 6.92. The van der Waals surface area contributed by atoms with Gasteiger partial charge in [-0.3, -0.25) is 0 Å². The lowest BCUT2D eigenvalue weighted by Gasteiger charge is -2.12. The van der Waals surface area contributed by atoms with Crippen molar-refractivity contribution in [3.8, 4) is 17.3 Å². The first kappa shape index (κ1) is 19.2. The van der Waals surface area contributed by atoms with Crippen molar-refractivity contribution in [3.63, 3.8) is 0 Å². The van der Waals surface area contributed by atoms with E-state index < -0.39 is 5.82 Å². The number of hydrogen-bond donors (Lipinski definition) is 0. The fraction of sp³-hybridized carbons (Fsp3) is 0.174. The van der Waals surface area contributed by atoms with E-state index in [0.717, 1.165) is 5.56 Å². The van der Waals surface area contributed by atoms with E-state index in [9.17, 15) is 4.39 Å². The zero-order valence-corrected chi connectivity index (χ0v) is 16.6. The predicted molar refractivity (Wildman–Crippen MR) is 112 cm³/mol. The van der Waals surface area contributed by atoms with E-state index in [1.54, 1.807) is 16.9 Å². The van der Waals surface area contributed by atoms with E-state index in [1.165, 1.54) is 12.1 Å². The first-order valence-electron chi connectivity index (χ1n) is 9.85. The van der Waals surface area contributed by atoms with Crippen molar-refractivity contribution in [1.82, 2.24) is 19.7 Å². The molecule has 0 N–H and O–H groups in total. The van der Waals surface area contributed by atoms with Gasteiger partial charge in [-0.2, -0.15) is 10.1 Å². The van der Waals surface area contributed by atoms with Crippen LogP contribution in [-0.4, -0.2) is 33.0 Å². The second kappa shape index (κ2) is 8.53. The molecule has 0 spiro atoms. The van der Waals surface area contributed by atoms with Gasteiger partial charge in [-0.15, -0.1) is 0 Å². The van der Waals surface area contributed by atoms with Crippen molar-refractivity contribution < 1.29 is 18.6 Å². The first-order chi connectivity index (χ1) is 15.3. The summed E-state index contributed by atoms with van der Waals surface area (Å²) in [6.07, 6.45) is 5.29. The number of aromatic nitrogens is 4. The van der Waals surface area contributed by atoms with Crippen LogP contribution in [0.2, 0.25) is 0 Å². The van der Waals surface area contributed by atoms with Crippen molar-refractivity contribution in [2.45, 2.75) is 13.2 Å². The molecule has 2 aromatic carbocycles. The van der Waals surface area contributed by atoms with E-state index in [4.69, 9.17) is 14.2 Å². The summed E-state index contributed by atoms with van der Waals surface area (Å²) >= 11 is 0. The fourth-order valence-corrected chi connectivity index (χ4v) is 3.27. The minimum Gasteiger partial charge on any atom is -0.487 e. The summed E-state index contributed by atoms with van der Waals surface area (Å²) in [6.45, 7) is 1.22. The monoisotopic (exact) mass is 418 g/mol. The van der Waals surface area contributed by atoms with Crippen molar-refractivity contribution in [2.75, 3.05) is 13.2 Å². The fourth-order valence-electron chi connectivity index (χ4n) is 3.27. The van der Waals surface area contributed by atoms with E-state index in [2.05, 4.69) is 15.1 Å². The number of nitrogens with zero attached hydrogens (tertiary/aromatic N) is 4. The van der Waals surface area contributed by atoms with Gasteiger partial charge in [0.2, 0.25) is 5.88 Å². The molecule has 0 unspecified atom stereocenters. The topological polar surface area (TPSA) is 71.3 Å². The van der Waals surface area contributed by atoms with E-state index in [-0.39, 0.29) is 13.2 Å². The van der Waals surface area contributed by atoms with Crippen LogP contribution in [0.25, 0.3) is 16.7 Å². The molecule has 0 radical (unpaired) electrons. The van der Waals surface area contributed by atoms with Crippen LogP contribution in [0.5, 0.6) is 11.6 Å². The molecule has 0 amide bonds. The highest BCUT2D eigenvalue weighted by Gasteiger charge is 2.18. The van der Waals surface area contributed by atoms with Gasteiger partial charge in [-0.1, -0.05) is 36.4 Å². The molecule has 1 aliphatic rings. The van der Waals surface area contributed by atoms with Gasteiger partial charge in [0.05, 0.1) is 12.8 Å². The lowest BCUT2D eigenvalue weighted by Crippen LogP contribution is -2.07. The smallest absolute Gasteiger partial charge is 0.228 e. The van der Waals surface area contributed by atoms with Crippen LogP contribution in [0, 0.1) is 5.82 Å². The molecule has 3 heterocycles. The molecule has 0 saturated carbocycles. The van der Waals surface area contributed by atoms with Crippen LogP contribution in [0.1, 0.15) is 11.4 Å². The lowest BCUT2D eigenvalue weighted by atomic mass is 10.2. The molecule has 0 atom stereocenters. The molecule has 156 valence electrons. The molecular formula is C23H19FN4O3. The molecule has 5 rings (SSSR count). The minimum absolute atomic E-state index is 0.213. The molecule has 8 heteroatoms. The van der Waals surface area contributed by atoms with Gasteiger partial charge < -0.3 is 14.2 Å². The van der Waals surface area contributed by atoms with Gasteiger partial charge >= 0.3 is 0 Å². The Morgan fingerprint density at radius 1 is 1.03 bits per heavy atom. The second-order valence-corrected chi connectivity index (χ2v) is 6.92. The maximum Gasteiger partial charge on any atom is 0.228 e. The van der Waals surface area contributed by atoms with Crippen LogP contribution in [0.15, 0.2) is 66.9 Å². The first-order valence-corrected chi connectivity index (χ1v) is 9.85. The Bertz CT molecular complexity index is 1240. The molecule has 31 heavy (non-hydrogen) atoms. The number of rotatable bonds is 3. The Morgan fingerprint density at radius 2 is 1.90 bits per heavy atom. The summed E-state index contributed by atoms with van der Waals surface area (Å²) in [6, 6.07) is 14.1. The highest BCUT2D eigenvalue weighted by molar-refractivity contribution is 5.82. The maximum atomic E-state index is 13.9. The van der Waals surface area contributed by atoms with Crippen molar-refractivity contribution in [3.05, 3.63) is 84.1 Å². The Morgan fingerprint density at radius 3 is 2.81 bits per heavy atom. The van der Waals surface area contributed by atoms with Gasteiger partial charge in [0.1, 0.15) is 42.5 Å². The summed E-state index contributed by atoms with van der Waals surface area (Å²) < 4.78 is 32.9. The van der Waals surface area contributed by atoms with Gasteiger partial charge in [0.15, 0.2) is 11.5 Å².